The zero-order valence-corrected chi connectivity index (χ0v) is 12.8. The van der Waals surface area contributed by atoms with Gasteiger partial charge in [-0.1, -0.05) is 19.9 Å². The molecule has 0 spiro atoms. The highest BCUT2D eigenvalue weighted by molar-refractivity contribution is 5.68. The summed E-state index contributed by atoms with van der Waals surface area (Å²) in [5, 5.41) is 12.2. The van der Waals surface area contributed by atoms with Crippen molar-refractivity contribution in [3.63, 3.8) is 0 Å². The monoisotopic (exact) mass is 281 g/mol. The Hall–Kier alpha value is -2.61. The summed E-state index contributed by atoms with van der Waals surface area (Å²) in [6.07, 6.45) is 1.55. The second kappa shape index (κ2) is 6.23. The molecule has 0 bridgehead atoms. The Morgan fingerprint density at radius 2 is 2.05 bits per heavy atom. The highest BCUT2D eigenvalue weighted by atomic mass is 15.2. The van der Waals surface area contributed by atoms with E-state index in [2.05, 4.69) is 35.2 Å². The fourth-order valence-electron chi connectivity index (χ4n) is 2.29. The van der Waals surface area contributed by atoms with Crippen molar-refractivity contribution in [2.45, 2.75) is 19.8 Å². The van der Waals surface area contributed by atoms with Crippen LogP contribution in [0.15, 0.2) is 30.6 Å². The molecular formula is C16H19N5. The molecule has 1 heterocycles. The highest BCUT2D eigenvalue weighted by Crippen LogP contribution is 2.33. The van der Waals surface area contributed by atoms with Crippen LogP contribution in [0.2, 0.25) is 0 Å². The van der Waals surface area contributed by atoms with Crippen molar-refractivity contribution in [2.75, 3.05) is 24.3 Å². The van der Waals surface area contributed by atoms with Gasteiger partial charge in [0, 0.05) is 25.3 Å². The number of hydrogen-bond acceptors (Lipinski definition) is 5. The van der Waals surface area contributed by atoms with Gasteiger partial charge in [-0.2, -0.15) is 5.26 Å². The standard InChI is InChI=1S/C16H19N5/c1-11(2)14-15(18-3)19-10-20-16(14)21(4)13-7-5-6-12(8-13)9-17/h5-8,10-11H,1-4H3,(H,18,19,20). The number of nitriles is 1. The zero-order valence-electron chi connectivity index (χ0n) is 12.8. The molecule has 2 aromatic rings. The Morgan fingerprint density at radius 1 is 1.29 bits per heavy atom. The maximum Gasteiger partial charge on any atom is 0.141 e. The molecule has 0 amide bonds. The van der Waals surface area contributed by atoms with Crippen LogP contribution in [0.1, 0.15) is 30.9 Å². The van der Waals surface area contributed by atoms with Crippen molar-refractivity contribution >= 4 is 17.3 Å². The summed E-state index contributed by atoms with van der Waals surface area (Å²) in [4.78, 5) is 10.7. The second-order valence-corrected chi connectivity index (χ2v) is 5.09. The van der Waals surface area contributed by atoms with E-state index in [0.29, 0.717) is 5.56 Å². The van der Waals surface area contributed by atoms with Gasteiger partial charge in [-0.3, -0.25) is 0 Å². The van der Waals surface area contributed by atoms with Crippen molar-refractivity contribution in [1.82, 2.24) is 9.97 Å². The number of hydrogen-bond donors (Lipinski definition) is 1. The number of nitrogens with one attached hydrogen (secondary N) is 1. The number of benzene rings is 1. The van der Waals surface area contributed by atoms with Crippen LogP contribution in [-0.4, -0.2) is 24.1 Å². The third kappa shape index (κ3) is 2.95. The number of nitrogens with zero attached hydrogens (tertiary/aromatic N) is 4. The van der Waals surface area contributed by atoms with E-state index in [0.717, 1.165) is 22.9 Å². The second-order valence-electron chi connectivity index (χ2n) is 5.09. The molecule has 5 nitrogen and oxygen atoms in total. The van der Waals surface area contributed by atoms with Gasteiger partial charge in [0.1, 0.15) is 18.0 Å². The van der Waals surface area contributed by atoms with Gasteiger partial charge in [0.05, 0.1) is 11.6 Å². The molecular weight excluding hydrogens is 262 g/mol. The quantitative estimate of drug-likeness (QED) is 0.931. The lowest BCUT2D eigenvalue weighted by Crippen LogP contribution is -2.16. The van der Waals surface area contributed by atoms with E-state index in [1.807, 2.05) is 37.2 Å². The number of aromatic nitrogens is 2. The molecule has 21 heavy (non-hydrogen) atoms. The van der Waals surface area contributed by atoms with E-state index < -0.39 is 0 Å². The SMILES string of the molecule is CNc1ncnc(N(C)c2cccc(C#N)c2)c1C(C)C. The summed E-state index contributed by atoms with van der Waals surface area (Å²) in [6.45, 7) is 4.23. The average molecular weight is 281 g/mol. The van der Waals surface area contributed by atoms with E-state index in [9.17, 15) is 0 Å². The van der Waals surface area contributed by atoms with E-state index in [1.165, 1.54) is 0 Å². The van der Waals surface area contributed by atoms with E-state index >= 15 is 0 Å². The largest absolute Gasteiger partial charge is 0.373 e. The molecule has 5 heteroatoms. The van der Waals surface area contributed by atoms with Crippen LogP contribution < -0.4 is 10.2 Å². The smallest absolute Gasteiger partial charge is 0.141 e. The molecule has 2 rings (SSSR count). The van der Waals surface area contributed by atoms with E-state index in [-0.39, 0.29) is 5.92 Å². The zero-order chi connectivity index (χ0) is 15.4. The minimum Gasteiger partial charge on any atom is -0.373 e. The average Bonchev–Trinajstić information content (AvgIpc) is 2.53. The van der Waals surface area contributed by atoms with Crippen LogP contribution in [0.3, 0.4) is 0 Å². The van der Waals surface area contributed by atoms with Gasteiger partial charge in [0.15, 0.2) is 0 Å². The number of anilines is 3. The first-order valence-corrected chi connectivity index (χ1v) is 6.85. The van der Waals surface area contributed by atoms with Crippen LogP contribution in [0.5, 0.6) is 0 Å². The molecule has 0 aliphatic carbocycles. The first-order chi connectivity index (χ1) is 10.1. The molecule has 0 aliphatic rings. The molecule has 0 saturated heterocycles. The van der Waals surface area contributed by atoms with Crippen LogP contribution in [0, 0.1) is 11.3 Å². The van der Waals surface area contributed by atoms with Crippen LogP contribution in [-0.2, 0) is 0 Å². The van der Waals surface area contributed by atoms with Crippen molar-refractivity contribution in [3.8, 4) is 6.07 Å². The maximum absolute atomic E-state index is 9.04. The lowest BCUT2D eigenvalue weighted by Gasteiger charge is -2.24. The van der Waals surface area contributed by atoms with E-state index in [1.54, 1.807) is 12.4 Å². The van der Waals surface area contributed by atoms with Gasteiger partial charge < -0.3 is 10.2 Å². The first kappa shape index (κ1) is 14.8. The van der Waals surface area contributed by atoms with Gasteiger partial charge in [-0.25, -0.2) is 9.97 Å². The van der Waals surface area contributed by atoms with Crippen molar-refractivity contribution in [1.29, 1.82) is 5.26 Å². The topological polar surface area (TPSA) is 64.8 Å². The fourth-order valence-corrected chi connectivity index (χ4v) is 2.29. The van der Waals surface area contributed by atoms with Crippen molar-refractivity contribution in [3.05, 3.63) is 41.7 Å². The van der Waals surface area contributed by atoms with Crippen LogP contribution in [0.4, 0.5) is 17.3 Å². The van der Waals surface area contributed by atoms with Gasteiger partial charge in [0.25, 0.3) is 0 Å². The predicted molar refractivity (Wildman–Crippen MR) is 84.9 cm³/mol. The van der Waals surface area contributed by atoms with Crippen molar-refractivity contribution in [2.24, 2.45) is 0 Å². The third-order valence-electron chi connectivity index (χ3n) is 3.36. The van der Waals surface area contributed by atoms with Crippen LogP contribution >= 0.6 is 0 Å². The van der Waals surface area contributed by atoms with E-state index in [4.69, 9.17) is 5.26 Å². The van der Waals surface area contributed by atoms with Gasteiger partial charge in [0.2, 0.25) is 0 Å². The predicted octanol–water partition coefficient (Wildman–Crippen LogP) is 3.28. The lowest BCUT2D eigenvalue weighted by atomic mass is 10.0. The Kier molecular flexibility index (Phi) is 4.39. The third-order valence-corrected chi connectivity index (χ3v) is 3.36. The van der Waals surface area contributed by atoms with Gasteiger partial charge in [-0.05, 0) is 24.1 Å². The number of rotatable bonds is 4. The highest BCUT2D eigenvalue weighted by Gasteiger charge is 2.18. The molecule has 0 saturated carbocycles. The minimum atomic E-state index is 0.283. The Morgan fingerprint density at radius 3 is 2.67 bits per heavy atom. The molecule has 0 fully saturated rings. The Balaban J connectivity index is 2.52. The summed E-state index contributed by atoms with van der Waals surface area (Å²) in [5.74, 6) is 1.96. The molecule has 0 radical (unpaired) electrons. The summed E-state index contributed by atoms with van der Waals surface area (Å²) < 4.78 is 0. The fraction of sp³-hybridized carbons (Fsp3) is 0.312. The minimum absolute atomic E-state index is 0.283. The normalized spacial score (nSPS) is 10.3. The first-order valence-electron chi connectivity index (χ1n) is 6.85. The molecule has 0 aliphatic heterocycles. The molecule has 0 unspecified atom stereocenters. The molecule has 1 aromatic carbocycles. The van der Waals surface area contributed by atoms with Crippen LogP contribution in [0.25, 0.3) is 0 Å². The summed E-state index contributed by atoms with van der Waals surface area (Å²) in [7, 11) is 3.80. The summed E-state index contributed by atoms with van der Waals surface area (Å²) >= 11 is 0. The molecule has 1 N–H and O–H groups in total. The summed E-state index contributed by atoms with van der Waals surface area (Å²) in [5.41, 5.74) is 2.62. The maximum atomic E-state index is 9.04. The van der Waals surface area contributed by atoms with Gasteiger partial charge in [-0.15, -0.1) is 0 Å². The summed E-state index contributed by atoms with van der Waals surface area (Å²) in [6, 6.07) is 9.64. The lowest BCUT2D eigenvalue weighted by molar-refractivity contribution is 0.841. The Labute approximate surface area is 125 Å². The molecule has 108 valence electrons. The molecule has 1 aromatic heterocycles. The van der Waals surface area contributed by atoms with Gasteiger partial charge >= 0.3 is 0 Å². The molecule has 0 atom stereocenters. The Bertz CT molecular complexity index is 673. The van der Waals surface area contributed by atoms with Crippen molar-refractivity contribution < 1.29 is 0 Å².